The number of carboxylic acid groups (broad SMARTS) is 1. The summed E-state index contributed by atoms with van der Waals surface area (Å²) in [6.45, 7) is 5.57. The first kappa shape index (κ1) is 26.8. The van der Waals surface area contributed by atoms with Crippen LogP contribution >= 0.6 is 0 Å². The van der Waals surface area contributed by atoms with Crippen molar-refractivity contribution in [3.8, 4) is 23.2 Å². The lowest BCUT2D eigenvalue weighted by atomic mass is 10.1. The minimum absolute atomic E-state index is 0.256. The lowest BCUT2D eigenvalue weighted by molar-refractivity contribution is -0.152. The predicted octanol–water partition coefficient (Wildman–Crippen LogP) is 5.33. The largest absolute Gasteiger partial charge is 0.493 e. The molecule has 1 aromatic carbocycles. The molecule has 0 spiro atoms. The van der Waals surface area contributed by atoms with Gasteiger partial charge in [-0.3, -0.25) is 0 Å². The van der Waals surface area contributed by atoms with E-state index in [0.717, 1.165) is 24.2 Å². The Hall–Kier alpha value is -3.76. The Labute approximate surface area is 206 Å². The summed E-state index contributed by atoms with van der Waals surface area (Å²) in [5, 5.41) is 13.5. The third-order valence-electron chi connectivity index (χ3n) is 5.15. The molecule has 0 aliphatic carbocycles. The van der Waals surface area contributed by atoms with Crippen LogP contribution < -0.4 is 14.2 Å². The molecule has 0 atom stereocenters. The van der Waals surface area contributed by atoms with Crippen molar-refractivity contribution in [1.29, 1.82) is 0 Å². The Kier molecular flexibility index (Phi) is 8.44. The number of halogens is 3. The smallest absolute Gasteiger partial charge is 0.417 e. The molecule has 0 bridgehead atoms. The van der Waals surface area contributed by atoms with E-state index in [2.05, 4.69) is 10.1 Å². The van der Waals surface area contributed by atoms with Crippen molar-refractivity contribution in [1.82, 2.24) is 14.8 Å². The number of aryl methyl sites for hydroxylation is 1. The van der Waals surface area contributed by atoms with Crippen LogP contribution in [0.5, 0.6) is 17.4 Å². The lowest BCUT2D eigenvalue weighted by Crippen LogP contribution is -2.37. The molecular weight excluding hydrogens is 479 g/mol. The number of carbonyl (C=O) groups is 1. The Morgan fingerprint density at radius 3 is 2.47 bits per heavy atom. The van der Waals surface area contributed by atoms with E-state index in [4.69, 9.17) is 14.2 Å². The number of pyridine rings is 1. The SMILES string of the molecule is CCOc1nn(-c2ccc(C(F)(F)F)cn2)cc1CCCCOc1cccc(OC(C)(C)C(=O)O)c1. The second-order valence-corrected chi connectivity index (χ2v) is 8.44. The number of aromatic nitrogens is 3. The van der Waals surface area contributed by atoms with Crippen LogP contribution in [0.1, 0.15) is 44.7 Å². The van der Waals surface area contributed by atoms with Crippen LogP contribution in [0, 0.1) is 0 Å². The van der Waals surface area contributed by atoms with Gasteiger partial charge in [0, 0.05) is 24.0 Å². The fourth-order valence-corrected chi connectivity index (χ4v) is 3.20. The van der Waals surface area contributed by atoms with Crippen LogP contribution in [0.25, 0.3) is 5.82 Å². The molecule has 2 aromatic heterocycles. The maximum absolute atomic E-state index is 12.8. The summed E-state index contributed by atoms with van der Waals surface area (Å²) >= 11 is 0. The summed E-state index contributed by atoms with van der Waals surface area (Å²) < 4.78 is 56.7. The third-order valence-corrected chi connectivity index (χ3v) is 5.15. The number of rotatable bonds is 12. The standard InChI is InChI=1S/C25H28F3N3O5/c1-4-34-22-17(16-31(30-22)21-12-11-18(15-29-21)25(26,27)28)8-5-6-13-35-19-9-7-10-20(14-19)36-24(2,3)23(32)33/h7,9-12,14-16H,4-6,8,13H2,1-3H3,(H,32,33). The van der Waals surface area contributed by atoms with Gasteiger partial charge in [-0.15, -0.1) is 5.10 Å². The van der Waals surface area contributed by atoms with Crippen molar-refractivity contribution >= 4 is 5.97 Å². The molecule has 0 radical (unpaired) electrons. The van der Waals surface area contributed by atoms with Gasteiger partial charge in [-0.2, -0.15) is 13.2 Å². The van der Waals surface area contributed by atoms with Crippen molar-refractivity contribution in [2.24, 2.45) is 0 Å². The molecule has 1 N–H and O–H groups in total. The van der Waals surface area contributed by atoms with Gasteiger partial charge in [-0.25, -0.2) is 14.5 Å². The Morgan fingerprint density at radius 2 is 1.83 bits per heavy atom. The van der Waals surface area contributed by atoms with E-state index in [1.807, 2.05) is 6.92 Å². The topological polar surface area (TPSA) is 95.7 Å². The van der Waals surface area contributed by atoms with Gasteiger partial charge < -0.3 is 19.3 Å². The van der Waals surface area contributed by atoms with E-state index in [9.17, 15) is 23.1 Å². The maximum atomic E-state index is 12.8. The second kappa shape index (κ2) is 11.3. The van der Waals surface area contributed by atoms with E-state index in [1.165, 1.54) is 24.6 Å². The highest BCUT2D eigenvalue weighted by Crippen LogP contribution is 2.29. The zero-order valence-electron chi connectivity index (χ0n) is 20.2. The van der Waals surface area contributed by atoms with Crippen LogP contribution in [0.3, 0.4) is 0 Å². The fourth-order valence-electron chi connectivity index (χ4n) is 3.20. The van der Waals surface area contributed by atoms with Crippen LogP contribution in [0.15, 0.2) is 48.8 Å². The highest BCUT2D eigenvalue weighted by Gasteiger charge is 2.31. The Bertz CT molecular complexity index is 1160. The molecule has 0 saturated heterocycles. The van der Waals surface area contributed by atoms with Gasteiger partial charge in [0.05, 0.1) is 18.8 Å². The van der Waals surface area contributed by atoms with Gasteiger partial charge in [0.1, 0.15) is 11.5 Å². The highest BCUT2D eigenvalue weighted by molar-refractivity contribution is 5.76. The molecule has 0 aliphatic rings. The second-order valence-electron chi connectivity index (χ2n) is 8.44. The first-order chi connectivity index (χ1) is 17.0. The number of ether oxygens (including phenoxy) is 3. The van der Waals surface area contributed by atoms with E-state index in [0.29, 0.717) is 43.4 Å². The molecule has 11 heteroatoms. The number of aliphatic carboxylic acids is 1. The third kappa shape index (κ3) is 7.12. The number of unbranched alkanes of at least 4 members (excludes halogenated alkanes) is 1. The van der Waals surface area contributed by atoms with Crippen LogP contribution in [-0.2, 0) is 17.4 Å². The molecule has 0 saturated carbocycles. The van der Waals surface area contributed by atoms with Gasteiger partial charge in [-0.1, -0.05) is 6.07 Å². The van der Waals surface area contributed by atoms with E-state index >= 15 is 0 Å². The van der Waals surface area contributed by atoms with Crippen molar-refractivity contribution < 1.29 is 37.3 Å². The average molecular weight is 508 g/mol. The van der Waals surface area contributed by atoms with Crippen molar-refractivity contribution in [3.63, 3.8) is 0 Å². The van der Waals surface area contributed by atoms with E-state index in [-0.39, 0.29) is 5.82 Å². The monoisotopic (exact) mass is 507 g/mol. The zero-order chi connectivity index (χ0) is 26.3. The lowest BCUT2D eigenvalue weighted by Gasteiger charge is -2.21. The van der Waals surface area contributed by atoms with Gasteiger partial charge in [0.25, 0.3) is 0 Å². The van der Waals surface area contributed by atoms with E-state index in [1.54, 1.807) is 30.5 Å². The summed E-state index contributed by atoms with van der Waals surface area (Å²) in [5.74, 6) is 0.547. The van der Waals surface area contributed by atoms with Crippen molar-refractivity contribution in [2.75, 3.05) is 13.2 Å². The molecular formula is C25H28F3N3O5. The number of alkyl halides is 3. The summed E-state index contributed by atoms with van der Waals surface area (Å²) in [6, 6.07) is 9.01. The number of hydrogen-bond donors (Lipinski definition) is 1. The fraction of sp³-hybridized carbons (Fsp3) is 0.400. The molecule has 194 valence electrons. The summed E-state index contributed by atoms with van der Waals surface area (Å²) in [7, 11) is 0. The molecule has 0 fully saturated rings. The molecule has 2 heterocycles. The normalized spacial score (nSPS) is 11.8. The summed E-state index contributed by atoms with van der Waals surface area (Å²) in [6.07, 6.45) is 0.0942. The van der Waals surface area contributed by atoms with Gasteiger partial charge in [-0.05, 0) is 64.3 Å². The average Bonchev–Trinajstić information content (AvgIpc) is 3.21. The van der Waals surface area contributed by atoms with Crippen molar-refractivity contribution in [2.45, 2.75) is 51.8 Å². The molecule has 3 aromatic rings. The molecule has 0 unspecified atom stereocenters. The Morgan fingerprint density at radius 1 is 1.08 bits per heavy atom. The zero-order valence-corrected chi connectivity index (χ0v) is 20.2. The quantitative estimate of drug-likeness (QED) is 0.331. The number of carboxylic acids is 1. The van der Waals surface area contributed by atoms with E-state index < -0.39 is 23.3 Å². The highest BCUT2D eigenvalue weighted by atomic mass is 19.4. The van der Waals surface area contributed by atoms with Crippen molar-refractivity contribution in [3.05, 3.63) is 59.9 Å². The van der Waals surface area contributed by atoms with Crippen LogP contribution in [0.4, 0.5) is 13.2 Å². The number of nitrogens with zero attached hydrogens (tertiary/aromatic N) is 3. The van der Waals surface area contributed by atoms with Crippen LogP contribution in [0.2, 0.25) is 0 Å². The Balaban J connectivity index is 1.55. The van der Waals surface area contributed by atoms with Gasteiger partial charge in [0.2, 0.25) is 5.88 Å². The first-order valence-corrected chi connectivity index (χ1v) is 11.4. The molecule has 36 heavy (non-hydrogen) atoms. The van der Waals surface area contributed by atoms with Gasteiger partial charge in [0.15, 0.2) is 11.4 Å². The minimum Gasteiger partial charge on any atom is -0.493 e. The van der Waals surface area contributed by atoms with Crippen LogP contribution in [-0.4, -0.2) is 44.7 Å². The maximum Gasteiger partial charge on any atom is 0.417 e. The molecule has 8 nitrogen and oxygen atoms in total. The molecule has 0 amide bonds. The predicted molar refractivity (Wildman–Crippen MR) is 125 cm³/mol. The number of benzene rings is 1. The van der Waals surface area contributed by atoms with Gasteiger partial charge >= 0.3 is 12.1 Å². The summed E-state index contributed by atoms with van der Waals surface area (Å²) in [4.78, 5) is 15.1. The molecule has 3 rings (SSSR count). The summed E-state index contributed by atoms with van der Waals surface area (Å²) in [5.41, 5.74) is -1.38. The molecule has 0 aliphatic heterocycles. The minimum atomic E-state index is -4.46. The number of hydrogen-bond acceptors (Lipinski definition) is 6. The first-order valence-electron chi connectivity index (χ1n) is 11.4.